The van der Waals surface area contributed by atoms with Crippen molar-refractivity contribution < 1.29 is 22.4 Å². The van der Waals surface area contributed by atoms with Gasteiger partial charge in [0.25, 0.3) is 0 Å². The molecule has 2 amide bonds. The molecule has 0 saturated heterocycles. The van der Waals surface area contributed by atoms with Gasteiger partial charge in [0, 0.05) is 6.54 Å². The van der Waals surface area contributed by atoms with Gasteiger partial charge in [-0.3, -0.25) is 9.59 Å². The molecule has 0 radical (unpaired) electrons. The van der Waals surface area contributed by atoms with Crippen molar-refractivity contribution in [1.29, 1.82) is 0 Å². The molecule has 27 heavy (non-hydrogen) atoms. The van der Waals surface area contributed by atoms with E-state index in [-0.39, 0.29) is 29.7 Å². The van der Waals surface area contributed by atoms with Crippen LogP contribution in [0, 0.1) is 5.82 Å². The number of carbonyl (C=O) groups excluding carboxylic acids is 2. The molecule has 0 saturated carbocycles. The summed E-state index contributed by atoms with van der Waals surface area (Å²) in [6.07, 6.45) is 0.481. The van der Waals surface area contributed by atoms with Gasteiger partial charge in [0.2, 0.25) is 21.8 Å². The van der Waals surface area contributed by atoms with Gasteiger partial charge in [-0.2, -0.15) is 0 Å². The van der Waals surface area contributed by atoms with E-state index in [0.29, 0.717) is 18.5 Å². The summed E-state index contributed by atoms with van der Waals surface area (Å²) < 4.78 is 35.4. The Labute approximate surface area is 156 Å². The highest BCUT2D eigenvalue weighted by Crippen LogP contribution is 2.09. The van der Waals surface area contributed by atoms with E-state index in [1.807, 2.05) is 0 Å². The molecule has 2 aromatic carbocycles. The molecule has 0 fully saturated rings. The van der Waals surface area contributed by atoms with Gasteiger partial charge in [0.05, 0.1) is 17.9 Å². The summed E-state index contributed by atoms with van der Waals surface area (Å²) in [5.74, 6) is -1.16. The summed E-state index contributed by atoms with van der Waals surface area (Å²) in [6, 6.07) is 11.7. The SMILES string of the molecule is NS(=O)(=O)c1ccc(CCNC(=O)CNC(=O)Cc2cccc(F)c2)cc1. The Balaban J connectivity index is 1.69. The van der Waals surface area contributed by atoms with Gasteiger partial charge in [0.1, 0.15) is 5.82 Å². The first-order valence-electron chi connectivity index (χ1n) is 8.13. The van der Waals surface area contributed by atoms with Crippen molar-refractivity contribution in [2.24, 2.45) is 5.14 Å². The van der Waals surface area contributed by atoms with Crippen LogP contribution in [0.1, 0.15) is 11.1 Å². The van der Waals surface area contributed by atoms with Gasteiger partial charge < -0.3 is 10.6 Å². The molecule has 4 N–H and O–H groups in total. The first kappa shape index (κ1) is 20.5. The van der Waals surface area contributed by atoms with Crippen LogP contribution in [0.5, 0.6) is 0 Å². The molecule has 0 aliphatic carbocycles. The van der Waals surface area contributed by atoms with Crippen LogP contribution in [-0.2, 0) is 32.5 Å². The van der Waals surface area contributed by atoms with E-state index in [4.69, 9.17) is 5.14 Å². The molecule has 0 bridgehead atoms. The number of hydrogen-bond acceptors (Lipinski definition) is 4. The minimum absolute atomic E-state index is 0.0125. The van der Waals surface area contributed by atoms with Gasteiger partial charge in [-0.05, 0) is 41.8 Å². The molecule has 0 atom stereocenters. The van der Waals surface area contributed by atoms with Crippen molar-refractivity contribution in [1.82, 2.24) is 10.6 Å². The number of benzene rings is 2. The second-order valence-electron chi connectivity index (χ2n) is 5.87. The van der Waals surface area contributed by atoms with Crippen LogP contribution in [0.2, 0.25) is 0 Å². The molecule has 0 heterocycles. The van der Waals surface area contributed by atoms with Crippen LogP contribution < -0.4 is 15.8 Å². The topological polar surface area (TPSA) is 118 Å². The lowest BCUT2D eigenvalue weighted by Gasteiger charge is -2.08. The van der Waals surface area contributed by atoms with Crippen LogP contribution in [0.15, 0.2) is 53.4 Å². The molecular weight excluding hydrogens is 373 g/mol. The van der Waals surface area contributed by atoms with E-state index in [0.717, 1.165) is 5.56 Å². The lowest BCUT2D eigenvalue weighted by molar-refractivity contribution is -0.125. The van der Waals surface area contributed by atoms with E-state index in [9.17, 15) is 22.4 Å². The normalized spacial score (nSPS) is 11.0. The summed E-state index contributed by atoms with van der Waals surface area (Å²) in [5.41, 5.74) is 1.36. The molecule has 2 aromatic rings. The predicted molar refractivity (Wildman–Crippen MR) is 97.6 cm³/mol. The number of rotatable bonds is 8. The number of hydrogen-bond donors (Lipinski definition) is 3. The monoisotopic (exact) mass is 393 g/mol. The second-order valence-corrected chi connectivity index (χ2v) is 7.43. The molecule has 2 rings (SSSR count). The third-order valence-electron chi connectivity index (χ3n) is 3.69. The number of primary sulfonamides is 1. The Morgan fingerprint density at radius 3 is 2.30 bits per heavy atom. The summed E-state index contributed by atoms with van der Waals surface area (Å²) in [5, 5.41) is 10.1. The zero-order chi connectivity index (χ0) is 19.9. The van der Waals surface area contributed by atoms with Crippen LogP contribution in [0.3, 0.4) is 0 Å². The van der Waals surface area contributed by atoms with Crippen LogP contribution >= 0.6 is 0 Å². The number of amides is 2. The van der Waals surface area contributed by atoms with E-state index in [1.165, 1.54) is 30.3 Å². The summed E-state index contributed by atoms with van der Waals surface area (Å²) in [6.45, 7) is 0.145. The maximum atomic E-state index is 13.1. The molecule has 0 spiro atoms. The smallest absolute Gasteiger partial charge is 0.239 e. The summed E-state index contributed by atoms with van der Waals surface area (Å²) in [4.78, 5) is 23.5. The lowest BCUT2D eigenvalue weighted by Crippen LogP contribution is -2.38. The zero-order valence-corrected chi connectivity index (χ0v) is 15.3. The van der Waals surface area contributed by atoms with Gasteiger partial charge in [-0.15, -0.1) is 0 Å². The van der Waals surface area contributed by atoms with E-state index < -0.39 is 15.8 Å². The minimum Gasteiger partial charge on any atom is -0.354 e. The van der Waals surface area contributed by atoms with Crippen molar-refractivity contribution in [3.05, 3.63) is 65.5 Å². The molecule has 0 aliphatic rings. The molecule has 9 heteroatoms. The average Bonchev–Trinajstić information content (AvgIpc) is 2.60. The Morgan fingerprint density at radius 1 is 0.963 bits per heavy atom. The Morgan fingerprint density at radius 2 is 1.67 bits per heavy atom. The first-order valence-corrected chi connectivity index (χ1v) is 9.68. The molecule has 144 valence electrons. The fraction of sp³-hybridized carbons (Fsp3) is 0.222. The first-order chi connectivity index (χ1) is 12.7. The maximum absolute atomic E-state index is 13.1. The van der Waals surface area contributed by atoms with Gasteiger partial charge in [-0.25, -0.2) is 17.9 Å². The zero-order valence-electron chi connectivity index (χ0n) is 14.4. The molecule has 0 aliphatic heterocycles. The van der Waals surface area contributed by atoms with Gasteiger partial charge >= 0.3 is 0 Å². The maximum Gasteiger partial charge on any atom is 0.239 e. The highest BCUT2D eigenvalue weighted by atomic mass is 32.2. The molecule has 7 nitrogen and oxygen atoms in total. The number of sulfonamides is 1. The van der Waals surface area contributed by atoms with Crippen molar-refractivity contribution in [3.63, 3.8) is 0 Å². The third-order valence-corrected chi connectivity index (χ3v) is 4.62. The van der Waals surface area contributed by atoms with Crippen molar-refractivity contribution in [2.75, 3.05) is 13.1 Å². The van der Waals surface area contributed by atoms with Crippen LogP contribution in [-0.4, -0.2) is 33.3 Å². The lowest BCUT2D eigenvalue weighted by atomic mass is 10.1. The Hall–Kier alpha value is -2.78. The largest absolute Gasteiger partial charge is 0.354 e. The average molecular weight is 393 g/mol. The summed E-state index contributed by atoms with van der Waals surface area (Å²) in [7, 11) is -3.72. The Kier molecular flexibility index (Phi) is 7.03. The highest BCUT2D eigenvalue weighted by molar-refractivity contribution is 7.89. The fourth-order valence-corrected chi connectivity index (χ4v) is 2.84. The number of nitrogens with two attached hydrogens (primary N) is 1. The van der Waals surface area contributed by atoms with Gasteiger partial charge in [0.15, 0.2) is 0 Å². The number of nitrogens with one attached hydrogen (secondary N) is 2. The fourth-order valence-electron chi connectivity index (χ4n) is 2.33. The molecule has 0 aromatic heterocycles. The Bertz CT molecular complexity index is 914. The molecular formula is C18H20FN3O4S. The predicted octanol–water partition coefficient (Wildman–Crippen LogP) is 0.491. The van der Waals surface area contributed by atoms with Crippen molar-refractivity contribution in [2.45, 2.75) is 17.7 Å². The molecule has 0 unspecified atom stereocenters. The third kappa shape index (κ3) is 7.16. The summed E-state index contributed by atoms with van der Waals surface area (Å²) >= 11 is 0. The standard InChI is InChI=1S/C18H20FN3O4S/c19-15-3-1-2-14(10-15)11-17(23)22-12-18(24)21-9-8-13-4-6-16(7-5-13)27(20,25)26/h1-7,10H,8-9,11-12H2,(H,21,24)(H,22,23)(H2,20,25,26). The van der Waals surface area contributed by atoms with Crippen LogP contribution in [0.25, 0.3) is 0 Å². The second kappa shape index (κ2) is 9.24. The van der Waals surface area contributed by atoms with E-state index in [1.54, 1.807) is 18.2 Å². The van der Waals surface area contributed by atoms with E-state index in [2.05, 4.69) is 10.6 Å². The van der Waals surface area contributed by atoms with Gasteiger partial charge in [-0.1, -0.05) is 24.3 Å². The number of carbonyl (C=O) groups is 2. The quantitative estimate of drug-likeness (QED) is 0.605. The highest BCUT2D eigenvalue weighted by Gasteiger charge is 2.08. The van der Waals surface area contributed by atoms with Crippen molar-refractivity contribution >= 4 is 21.8 Å². The minimum atomic E-state index is -3.72. The number of halogens is 1. The van der Waals surface area contributed by atoms with Crippen molar-refractivity contribution in [3.8, 4) is 0 Å². The van der Waals surface area contributed by atoms with Crippen LogP contribution in [0.4, 0.5) is 4.39 Å². The van der Waals surface area contributed by atoms with E-state index >= 15 is 0 Å².